The number of hydrogen-bond donors (Lipinski definition) is 2. The smallest absolute Gasteiger partial charge is 0.314 e. The van der Waals surface area contributed by atoms with Crippen molar-refractivity contribution in [2.75, 3.05) is 6.61 Å². The van der Waals surface area contributed by atoms with Crippen LogP contribution in [0.5, 0.6) is 5.88 Å². The minimum Gasteiger partial charge on any atom is -0.481 e. The van der Waals surface area contributed by atoms with Gasteiger partial charge >= 0.3 is 5.97 Å². The van der Waals surface area contributed by atoms with E-state index in [0.717, 1.165) is 5.56 Å². The summed E-state index contributed by atoms with van der Waals surface area (Å²) in [6, 6.07) is 6.69. The van der Waals surface area contributed by atoms with Gasteiger partial charge in [-0.05, 0) is 18.2 Å². The van der Waals surface area contributed by atoms with Gasteiger partial charge in [-0.3, -0.25) is 4.79 Å². The van der Waals surface area contributed by atoms with Gasteiger partial charge in [-0.1, -0.05) is 40.9 Å². The molecule has 2 heterocycles. The molecular formula is C15H13Cl3N2O3. The number of fused-ring (bicyclic) bond motifs is 1. The number of aliphatic carboxylic acids is 1. The first-order valence-corrected chi connectivity index (χ1v) is 7.71. The van der Waals surface area contributed by atoms with Gasteiger partial charge in [0.25, 0.3) is 0 Å². The van der Waals surface area contributed by atoms with Gasteiger partial charge in [0.2, 0.25) is 5.88 Å². The van der Waals surface area contributed by atoms with Crippen LogP contribution in [0, 0.1) is 0 Å². The summed E-state index contributed by atoms with van der Waals surface area (Å²) in [5.74, 6) is -0.958. The Morgan fingerprint density at radius 1 is 1.35 bits per heavy atom. The van der Waals surface area contributed by atoms with E-state index in [-0.39, 0.29) is 6.61 Å². The molecule has 2 aromatic rings. The lowest BCUT2D eigenvalue weighted by Crippen LogP contribution is -2.12. The third kappa shape index (κ3) is 4.26. The van der Waals surface area contributed by atoms with Gasteiger partial charge in [0.15, 0.2) is 0 Å². The number of carbonyl (C=O) groups is 1. The van der Waals surface area contributed by atoms with Crippen molar-refractivity contribution in [2.45, 2.75) is 12.5 Å². The minimum absolute atomic E-state index is 0.196. The molecule has 3 rings (SSSR count). The van der Waals surface area contributed by atoms with Gasteiger partial charge < -0.3 is 15.6 Å². The number of halogens is 3. The number of rotatable bonds is 2. The van der Waals surface area contributed by atoms with Crippen molar-refractivity contribution in [1.82, 2.24) is 4.98 Å². The lowest BCUT2D eigenvalue weighted by Gasteiger charge is -2.03. The molecule has 1 unspecified atom stereocenters. The van der Waals surface area contributed by atoms with Crippen LogP contribution in [-0.2, 0) is 11.3 Å². The monoisotopic (exact) mass is 374 g/mol. The zero-order valence-electron chi connectivity index (χ0n) is 11.8. The maximum atomic E-state index is 10.7. The van der Waals surface area contributed by atoms with Crippen molar-refractivity contribution >= 4 is 40.8 Å². The third-order valence-electron chi connectivity index (χ3n) is 3.17. The standard InChI is InChI=1S/C8H7NO3.C7H6Cl3N/c10-8(11)6-4-12-7-5(6)2-1-3-9-7;8-4-1-6(9)5(3-11)7(10)2-4/h1-3,6H,4H2,(H,10,11);1-2H,3,11H2. The second kappa shape index (κ2) is 7.84. The van der Waals surface area contributed by atoms with Crippen molar-refractivity contribution in [3.63, 3.8) is 0 Å². The fourth-order valence-electron chi connectivity index (χ4n) is 2.01. The molecule has 8 heteroatoms. The first kappa shape index (κ1) is 17.8. The van der Waals surface area contributed by atoms with Crippen molar-refractivity contribution in [3.8, 4) is 5.88 Å². The van der Waals surface area contributed by atoms with Gasteiger partial charge in [-0.15, -0.1) is 0 Å². The van der Waals surface area contributed by atoms with Crippen LogP contribution in [0.2, 0.25) is 15.1 Å². The van der Waals surface area contributed by atoms with Gasteiger partial charge in [0.1, 0.15) is 12.5 Å². The lowest BCUT2D eigenvalue weighted by molar-refractivity contribution is -0.138. The van der Waals surface area contributed by atoms with E-state index in [2.05, 4.69) is 4.98 Å². The van der Waals surface area contributed by atoms with Crippen molar-refractivity contribution in [2.24, 2.45) is 5.73 Å². The topological polar surface area (TPSA) is 85.4 Å². The van der Waals surface area contributed by atoms with Crippen molar-refractivity contribution in [1.29, 1.82) is 0 Å². The molecule has 1 aromatic carbocycles. The van der Waals surface area contributed by atoms with Crippen LogP contribution in [0.3, 0.4) is 0 Å². The Morgan fingerprint density at radius 2 is 2.00 bits per heavy atom. The van der Waals surface area contributed by atoms with Gasteiger partial charge in [0, 0.05) is 38.9 Å². The van der Waals surface area contributed by atoms with Crippen molar-refractivity contribution < 1.29 is 14.6 Å². The maximum Gasteiger partial charge on any atom is 0.314 e. The lowest BCUT2D eigenvalue weighted by atomic mass is 10.0. The van der Waals surface area contributed by atoms with E-state index in [1.807, 2.05) is 0 Å². The number of nitrogens with two attached hydrogens (primary N) is 1. The van der Waals surface area contributed by atoms with Gasteiger partial charge in [-0.25, -0.2) is 4.98 Å². The van der Waals surface area contributed by atoms with Crippen molar-refractivity contribution in [3.05, 3.63) is 56.7 Å². The molecule has 0 amide bonds. The molecular weight excluding hydrogens is 363 g/mol. The summed E-state index contributed by atoms with van der Waals surface area (Å²) in [6.45, 7) is 0.524. The number of nitrogens with zero attached hydrogens (tertiary/aromatic N) is 1. The summed E-state index contributed by atoms with van der Waals surface area (Å²) >= 11 is 17.2. The molecule has 1 atom stereocenters. The van der Waals surface area contributed by atoms with Crippen LogP contribution in [0.15, 0.2) is 30.5 Å². The summed E-state index contributed by atoms with van der Waals surface area (Å²) in [7, 11) is 0. The molecule has 0 spiro atoms. The normalized spacial score (nSPS) is 15.2. The number of aromatic nitrogens is 1. The number of pyridine rings is 1. The highest BCUT2D eigenvalue weighted by atomic mass is 35.5. The number of benzene rings is 1. The fourth-order valence-corrected chi connectivity index (χ4v) is 2.98. The Labute approximate surface area is 147 Å². The highest BCUT2D eigenvalue weighted by Gasteiger charge is 2.30. The molecule has 23 heavy (non-hydrogen) atoms. The van der Waals surface area contributed by atoms with Crippen LogP contribution < -0.4 is 10.5 Å². The first-order chi connectivity index (χ1) is 10.9. The van der Waals surface area contributed by atoms with Crippen LogP contribution in [0.25, 0.3) is 0 Å². The zero-order chi connectivity index (χ0) is 17.0. The minimum atomic E-state index is -0.859. The highest BCUT2D eigenvalue weighted by Crippen LogP contribution is 2.31. The SMILES string of the molecule is NCc1c(Cl)cc(Cl)cc1Cl.O=C(O)C1COc2ncccc21. The average molecular weight is 376 g/mol. The highest BCUT2D eigenvalue weighted by molar-refractivity contribution is 6.39. The van der Waals surface area contributed by atoms with E-state index in [1.54, 1.807) is 30.5 Å². The molecule has 122 valence electrons. The van der Waals surface area contributed by atoms with Crippen LogP contribution in [0.4, 0.5) is 0 Å². The van der Waals surface area contributed by atoms with E-state index in [9.17, 15) is 4.79 Å². The number of hydrogen-bond acceptors (Lipinski definition) is 4. The van der Waals surface area contributed by atoms with E-state index >= 15 is 0 Å². The average Bonchev–Trinajstić information content (AvgIpc) is 2.91. The molecule has 1 aliphatic heterocycles. The van der Waals surface area contributed by atoms with Crippen LogP contribution >= 0.6 is 34.8 Å². The number of carboxylic acid groups (broad SMARTS) is 1. The van der Waals surface area contributed by atoms with Crippen LogP contribution in [0.1, 0.15) is 17.0 Å². The molecule has 0 fully saturated rings. The molecule has 3 N–H and O–H groups in total. The molecule has 0 aliphatic carbocycles. The quantitative estimate of drug-likeness (QED) is 0.835. The zero-order valence-corrected chi connectivity index (χ0v) is 14.1. The molecule has 0 saturated carbocycles. The number of ether oxygens (including phenoxy) is 1. The third-order valence-corrected chi connectivity index (χ3v) is 4.06. The van der Waals surface area contributed by atoms with Crippen LogP contribution in [-0.4, -0.2) is 22.7 Å². The Morgan fingerprint density at radius 3 is 2.57 bits per heavy atom. The Balaban J connectivity index is 0.000000168. The second-order valence-electron chi connectivity index (χ2n) is 4.65. The largest absolute Gasteiger partial charge is 0.481 e. The molecule has 1 aromatic heterocycles. The Bertz CT molecular complexity index is 702. The Hall–Kier alpha value is -1.53. The second-order valence-corrected chi connectivity index (χ2v) is 5.90. The summed E-state index contributed by atoms with van der Waals surface area (Å²) in [4.78, 5) is 14.6. The summed E-state index contributed by atoms with van der Waals surface area (Å²) in [6.07, 6.45) is 1.59. The number of carboxylic acids is 1. The van der Waals surface area contributed by atoms with Gasteiger partial charge in [0.05, 0.1) is 0 Å². The van der Waals surface area contributed by atoms with E-state index in [4.69, 9.17) is 50.4 Å². The predicted molar refractivity (Wildman–Crippen MR) is 89.5 cm³/mol. The molecule has 1 aliphatic rings. The molecule has 0 bridgehead atoms. The molecule has 5 nitrogen and oxygen atoms in total. The maximum absolute atomic E-state index is 10.7. The predicted octanol–water partition coefficient (Wildman–Crippen LogP) is 3.75. The summed E-state index contributed by atoms with van der Waals surface area (Å²) < 4.78 is 5.08. The van der Waals surface area contributed by atoms with E-state index in [1.165, 1.54) is 0 Å². The fraction of sp³-hybridized carbons (Fsp3) is 0.200. The molecule has 0 saturated heterocycles. The summed E-state index contributed by atoms with van der Waals surface area (Å²) in [5, 5.41) is 10.3. The van der Waals surface area contributed by atoms with E-state index < -0.39 is 11.9 Å². The molecule has 0 radical (unpaired) electrons. The summed E-state index contributed by atoms with van der Waals surface area (Å²) in [5.41, 5.74) is 6.79. The van der Waals surface area contributed by atoms with Gasteiger partial charge in [-0.2, -0.15) is 0 Å². The van der Waals surface area contributed by atoms with E-state index in [0.29, 0.717) is 33.1 Å². The Kier molecular flexibility index (Phi) is 6.07. The first-order valence-electron chi connectivity index (χ1n) is 6.58.